The van der Waals surface area contributed by atoms with Crippen molar-refractivity contribution in [2.45, 2.75) is 31.4 Å². The van der Waals surface area contributed by atoms with Crippen LogP contribution in [0.15, 0.2) is 30.3 Å². The molecule has 19 heavy (non-hydrogen) atoms. The summed E-state index contributed by atoms with van der Waals surface area (Å²) < 4.78 is 5.48. The lowest BCUT2D eigenvalue weighted by Gasteiger charge is -2.32. The Morgan fingerprint density at radius 3 is 2.84 bits per heavy atom. The van der Waals surface area contributed by atoms with Crippen molar-refractivity contribution in [2.24, 2.45) is 0 Å². The fourth-order valence-electron chi connectivity index (χ4n) is 2.88. The summed E-state index contributed by atoms with van der Waals surface area (Å²) in [6.07, 6.45) is 4.05. The molecular formula is C16H26N2O. The Morgan fingerprint density at radius 2 is 2.16 bits per heavy atom. The highest BCUT2D eigenvalue weighted by molar-refractivity contribution is 5.18. The number of benzene rings is 1. The van der Waals surface area contributed by atoms with E-state index in [1.54, 1.807) is 0 Å². The van der Waals surface area contributed by atoms with E-state index in [0.29, 0.717) is 12.1 Å². The van der Waals surface area contributed by atoms with E-state index < -0.39 is 0 Å². The van der Waals surface area contributed by atoms with E-state index in [0.717, 1.165) is 19.5 Å². The molecule has 0 aromatic heterocycles. The Morgan fingerprint density at radius 1 is 1.37 bits per heavy atom. The van der Waals surface area contributed by atoms with Gasteiger partial charge in [-0.15, -0.1) is 0 Å². The molecule has 3 nitrogen and oxygen atoms in total. The number of ether oxygens (including phenoxy) is 1. The summed E-state index contributed by atoms with van der Waals surface area (Å²) in [6, 6.07) is 11.2. The van der Waals surface area contributed by atoms with E-state index in [4.69, 9.17) is 4.74 Å². The molecule has 0 amide bonds. The number of hydrogen-bond donors (Lipinski definition) is 1. The Bertz CT molecular complexity index is 355. The van der Waals surface area contributed by atoms with Gasteiger partial charge in [0.15, 0.2) is 0 Å². The lowest BCUT2D eigenvalue weighted by molar-refractivity contribution is 0.0302. The van der Waals surface area contributed by atoms with E-state index >= 15 is 0 Å². The monoisotopic (exact) mass is 262 g/mol. The first kappa shape index (κ1) is 14.5. The number of rotatable bonds is 6. The Labute approximate surface area is 116 Å². The van der Waals surface area contributed by atoms with Gasteiger partial charge in [-0.2, -0.15) is 0 Å². The molecule has 1 aliphatic rings. The zero-order valence-electron chi connectivity index (χ0n) is 12.1. The maximum Gasteiger partial charge on any atom is 0.0698 e. The maximum absolute atomic E-state index is 5.48. The summed E-state index contributed by atoms with van der Waals surface area (Å²) in [5.41, 5.74) is 1.38. The zero-order valence-corrected chi connectivity index (χ0v) is 12.1. The molecule has 3 heteroatoms. The Balaban J connectivity index is 1.83. The first-order chi connectivity index (χ1) is 9.33. The first-order valence-electron chi connectivity index (χ1n) is 7.31. The van der Waals surface area contributed by atoms with Crippen molar-refractivity contribution < 1.29 is 4.74 Å². The fraction of sp³-hybridized carbons (Fsp3) is 0.625. The van der Waals surface area contributed by atoms with Gasteiger partial charge in [0.05, 0.1) is 6.10 Å². The highest BCUT2D eigenvalue weighted by Gasteiger charge is 2.20. The van der Waals surface area contributed by atoms with Crippen LogP contribution in [0.5, 0.6) is 0 Å². The summed E-state index contributed by atoms with van der Waals surface area (Å²) in [5, 5.41) is 3.43. The van der Waals surface area contributed by atoms with E-state index in [1.165, 1.54) is 24.9 Å². The van der Waals surface area contributed by atoms with Crippen molar-refractivity contribution in [3.63, 3.8) is 0 Å². The Kier molecular flexibility index (Phi) is 5.83. The molecule has 1 heterocycles. The molecule has 1 aromatic carbocycles. The van der Waals surface area contributed by atoms with Gasteiger partial charge in [-0.05, 0) is 38.4 Å². The molecule has 0 saturated carbocycles. The van der Waals surface area contributed by atoms with Gasteiger partial charge in [0.1, 0.15) is 0 Å². The molecule has 1 saturated heterocycles. The standard InChI is InChI=1S/C16H26N2O/c1-17-16(14-7-4-3-5-8-14)10-12-18-11-6-9-15(13-18)19-2/h3-5,7-8,15-17H,6,9-13H2,1-2H3. The number of methoxy groups -OCH3 is 1. The number of nitrogens with one attached hydrogen (secondary N) is 1. The van der Waals surface area contributed by atoms with Crippen LogP contribution in [-0.4, -0.2) is 44.8 Å². The van der Waals surface area contributed by atoms with Crippen LogP contribution in [0.3, 0.4) is 0 Å². The van der Waals surface area contributed by atoms with Gasteiger partial charge in [-0.3, -0.25) is 0 Å². The van der Waals surface area contributed by atoms with Crippen LogP contribution in [0.25, 0.3) is 0 Å². The Hall–Kier alpha value is -0.900. The second-order valence-electron chi connectivity index (χ2n) is 5.34. The highest BCUT2D eigenvalue weighted by Crippen LogP contribution is 2.18. The molecule has 106 valence electrons. The van der Waals surface area contributed by atoms with Gasteiger partial charge in [-0.25, -0.2) is 0 Å². The van der Waals surface area contributed by atoms with Gasteiger partial charge >= 0.3 is 0 Å². The SMILES string of the molecule is CNC(CCN1CCCC(OC)C1)c1ccccc1. The molecule has 0 bridgehead atoms. The number of hydrogen-bond acceptors (Lipinski definition) is 3. The van der Waals surface area contributed by atoms with Crippen LogP contribution in [-0.2, 0) is 4.74 Å². The molecule has 1 fully saturated rings. The topological polar surface area (TPSA) is 24.5 Å². The van der Waals surface area contributed by atoms with Crippen LogP contribution >= 0.6 is 0 Å². The van der Waals surface area contributed by atoms with E-state index in [-0.39, 0.29) is 0 Å². The summed E-state index contributed by atoms with van der Waals surface area (Å²) in [7, 11) is 3.88. The summed E-state index contributed by atoms with van der Waals surface area (Å²) in [5.74, 6) is 0. The number of likely N-dealkylation sites (tertiary alicyclic amines) is 1. The van der Waals surface area contributed by atoms with Crippen LogP contribution in [0.1, 0.15) is 30.9 Å². The molecule has 2 unspecified atom stereocenters. The third kappa shape index (κ3) is 4.30. The normalized spacial score (nSPS) is 22.3. The molecular weight excluding hydrogens is 236 g/mol. The quantitative estimate of drug-likeness (QED) is 0.852. The predicted octanol–water partition coefficient (Wildman–Crippen LogP) is 2.45. The molecule has 1 N–H and O–H groups in total. The van der Waals surface area contributed by atoms with Crippen LogP contribution in [0, 0.1) is 0 Å². The minimum absolute atomic E-state index is 0.429. The second-order valence-corrected chi connectivity index (χ2v) is 5.34. The van der Waals surface area contributed by atoms with Crippen LogP contribution in [0.4, 0.5) is 0 Å². The lowest BCUT2D eigenvalue weighted by Crippen LogP contribution is -2.40. The van der Waals surface area contributed by atoms with Crippen molar-refractivity contribution >= 4 is 0 Å². The van der Waals surface area contributed by atoms with Crippen molar-refractivity contribution in [3.8, 4) is 0 Å². The van der Waals surface area contributed by atoms with E-state index in [9.17, 15) is 0 Å². The smallest absolute Gasteiger partial charge is 0.0698 e. The fourth-order valence-corrected chi connectivity index (χ4v) is 2.88. The van der Waals surface area contributed by atoms with Gasteiger partial charge in [0.2, 0.25) is 0 Å². The number of piperidine rings is 1. The van der Waals surface area contributed by atoms with Gasteiger partial charge < -0.3 is 15.0 Å². The van der Waals surface area contributed by atoms with Crippen molar-refractivity contribution in [1.82, 2.24) is 10.2 Å². The third-order valence-electron chi connectivity index (χ3n) is 4.08. The van der Waals surface area contributed by atoms with Gasteiger partial charge in [0.25, 0.3) is 0 Å². The summed E-state index contributed by atoms with van der Waals surface area (Å²) >= 11 is 0. The van der Waals surface area contributed by atoms with Crippen molar-refractivity contribution in [1.29, 1.82) is 0 Å². The number of nitrogens with zero attached hydrogens (tertiary/aromatic N) is 1. The maximum atomic E-state index is 5.48. The average Bonchev–Trinajstić information content (AvgIpc) is 2.49. The molecule has 0 spiro atoms. The molecule has 2 atom stereocenters. The predicted molar refractivity (Wildman–Crippen MR) is 79.3 cm³/mol. The van der Waals surface area contributed by atoms with Gasteiger partial charge in [-0.1, -0.05) is 30.3 Å². The highest BCUT2D eigenvalue weighted by atomic mass is 16.5. The molecule has 2 rings (SSSR count). The van der Waals surface area contributed by atoms with Crippen molar-refractivity contribution in [3.05, 3.63) is 35.9 Å². The summed E-state index contributed by atoms with van der Waals surface area (Å²) in [6.45, 7) is 3.44. The molecule has 1 aliphatic heterocycles. The summed E-state index contributed by atoms with van der Waals surface area (Å²) in [4.78, 5) is 2.53. The first-order valence-corrected chi connectivity index (χ1v) is 7.31. The van der Waals surface area contributed by atoms with Crippen molar-refractivity contribution in [2.75, 3.05) is 33.8 Å². The van der Waals surface area contributed by atoms with E-state index in [1.807, 2.05) is 14.2 Å². The lowest BCUT2D eigenvalue weighted by atomic mass is 10.0. The van der Waals surface area contributed by atoms with E-state index in [2.05, 4.69) is 40.5 Å². The third-order valence-corrected chi connectivity index (χ3v) is 4.08. The van der Waals surface area contributed by atoms with Crippen LogP contribution in [0.2, 0.25) is 0 Å². The van der Waals surface area contributed by atoms with Gasteiger partial charge in [0, 0.05) is 26.2 Å². The molecule has 1 aromatic rings. The second kappa shape index (κ2) is 7.63. The minimum Gasteiger partial charge on any atom is -0.380 e. The van der Waals surface area contributed by atoms with Crippen LogP contribution < -0.4 is 5.32 Å². The molecule has 0 aliphatic carbocycles. The molecule has 0 radical (unpaired) electrons. The average molecular weight is 262 g/mol. The zero-order chi connectivity index (χ0) is 13.5. The largest absolute Gasteiger partial charge is 0.380 e. The minimum atomic E-state index is 0.429.